The summed E-state index contributed by atoms with van der Waals surface area (Å²) in [5.74, 6) is -0.386. The first kappa shape index (κ1) is 19.2. The maximum absolute atomic E-state index is 12.7. The van der Waals surface area contributed by atoms with Crippen molar-refractivity contribution in [1.29, 1.82) is 0 Å². The van der Waals surface area contributed by atoms with Crippen molar-refractivity contribution < 1.29 is 18.0 Å². The van der Waals surface area contributed by atoms with Crippen LogP contribution >= 0.6 is 23.1 Å². The van der Waals surface area contributed by atoms with Crippen LogP contribution < -0.4 is 0 Å². The lowest BCUT2D eigenvalue weighted by Crippen LogP contribution is -2.49. The number of hydrogen-bond donors (Lipinski definition) is 0. The molecule has 0 bridgehead atoms. The van der Waals surface area contributed by atoms with Crippen LogP contribution in [-0.4, -0.2) is 58.9 Å². The minimum Gasteiger partial charge on any atom is -0.336 e. The van der Waals surface area contributed by atoms with E-state index >= 15 is 0 Å². The molecule has 1 aliphatic heterocycles. The molecule has 0 spiro atoms. The summed E-state index contributed by atoms with van der Waals surface area (Å²) in [5, 5.41) is 1.77. The van der Waals surface area contributed by atoms with Gasteiger partial charge in [-0.3, -0.25) is 9.69 Å². The van der Waals surface area contributed by atoms with Crippen molar-refractivity contribution in [2.24, 2.45) is 0 Å². The topological polar surface area (TPSA) is 36.4 Å². The van der Waals surface area contributed by atoms with Crippen LogP contribution in [0.15, 0.2) is 40.9 Å². The molecule has 2 aromatic rings. The number of aromatic nitrogens is 1. The van der Waals surface area contributed by atoms with E-state index in [0.29, 0.717) is 13.1 Å². The van der Waals surface area contributed by atoms with Crippen molar-refractivity contribution >= 4 is 29.0 Å². The quantitative estimate of drug-likeness (QED) is 0.715. The molecule has 0 aromatic carbocycles. The highest BCUT2D eigenvalue weighted by Crippen LogP contribution is 2.37. The van der Waals surface area contributed by atoms with Gasteiger partial charge in [0.15, 0.2) is 0 Å². The van der Waals surface area contributed by atoms with Crippen LogP contribution in [-0.2, 0) is 6.42 Å². The van der Waals surface area contributed by atoms with E-state index in [2.05, 4.69) is 21.3 Å². The molecule has 0 aliphatic carbocycles. The number of pyridine rings is 1. The largest absolute Gasteiger partial charge is 0.447 e. The summed E-state index contributed by atoms with van der Waals surface area (Å²) in [6.07, 6.45) is 2.24. The monoisotopic (exact) mass is 401 g/mol. The van der Waals surface area contributed by atoms with Crippen LogP contribution in [0.3, 0.4) is 0 Å². The fraction of sp³-hybridized carbons (Fsp3) is 0.412. The molecule has 0 unspecified atom stereocenters. The molecule has 0 atom stereocenters. The van der Waals surface area contributed by atoms with E-state index in [4.69, 9.17) is 0 Å². The van der Waals surface area contributed by atoms with Crippen LogP contribution in [0.4, 0.5) is 13.2 Å². The van der Waals surface area contributed by atoms with Gasteiger partial charge in [-0.05, 0) is 30.0 Å². The lowest BCUT2D eigenvalue weighted by atomic mass is 10.2. The third-order valence-corrected chi connectivity index (χ3v) is 5.81. The zero-order valence-electron chi connectivity index (χ0n) is 13.9. The maximum Gasteiger partial charge on any atom is 0.447 e. The Balaban J connectivity index is 1.57. The number of rotatable bonds is 5. The predicted octanol–water partition coefficient (Wildman–Crippen LogP) is 3.76. The Hall–Kier alpha value is -1.58. The number of nitrogens with zero attached hydrogens (tertiary/aromatic N) is 3. The van der Waals surface area contributed by atoms with E-state index in [1.807, 2.05) is 6.07 Å². The van der Waals surface area contributed by atoms with Gasteiger partial charge in [0, 0.05) is 55.6 Å². The summed E-state index contributed by atoms with van der Waals surface area (Å²) in [5.41, 5.74) is -4.45. The highest BCUT2D eigenvalue weighted by molar-refractivity contribution is 8.00. The third-order valence-electron chi connectivity index (χ3n) is 4.13. The zero-order valence-corrected chi connectivity index (χ0v) is 15.5. The van der Waals surface area contributed by atoms with E-state index in [1.165, 1.54) is 23.2 Å². The first-order valence-corrected chi connectivity index (χ1v) is 9.87. The van der Waals surface area contributed by atoms with Gasteiger partial charge in [0.1, 0.15) is 5.03 Å². The highest BCUT2D eigenvalue weighted by atomic mass is 32.2. The smallest absolute Gasteiger partial charge is 0.336 e. The minimum atomic E-state index is -4.47. The molecule has 0 N–H and O–H groups in total. The second-order valence-corrected chi connectivity index (χ2v) is 7.95. The van der Waals surface area contributed by atoms with Gasteiger partial charge >= 0.3 is 5.51 Å². The Morgan fingerprint density at radius 2 is 1.96 bits per heavy atom. The molecule has 1 amide bonds. The van der Waals surface area contributed by atoms with E-state index in [1.54, 1.807) is 16.2 Å². The number of hydrogen-bond acceptors (Lipinski definition) is 5. The summed E-state index contributed by atoms with van der Waals surface area (Å²) in [6.45, 7) is 3.38. The number of thioether (sulfide) groups is 1. The maximum atomic E-state index is 12.7. The molecule has 3 heterocycles. The summed E-state index contributed by atoms with van der Waals surface area (Å²) in [6, 6.07) is 7.03. The second-order valence-electron chi connectivity index (χ2n) is 5.87. The van der Waals surface area contributed by atoms with Crippen molar-refractivity contribution in [2.45, 2.75) is 17.0 Å². The van der Waals surface area contributed by atoms with Gasteiger partial charge in [-0.15, -0.1) is 11.3 Å². The van der Waals surface area contributed by atoms with E-state index < -0.39 is 5.51 Å². The average molecular weight is 401 g/mol. The Morgan fingerprint density at radius 1 is 1.19 bits per heavy atom. The standard InChI is InChI=1S/C17H18F3N3OS2/c18-17(19,20)26-15-14(4-1-6-21-15)16(24)23-10-8-22(9-11-23)7-5-13-3-2-12-25-13/h1-4,6,12H,5,7-11H2. The number of piperazine rings is 1. The summed E-state index contributed by atoms with van der Waals surface area (Å²) in [7, 11) is 0. The van der Waals surface area contributed by atoms with Gasteiger partial charge in [0.05, 0.1) is 5.56 Å². The van der Waals surface area contributed by atoms with Gasteiger partial charge in [0.2, 0.25) is 0 Å². The molecule has 1 aliphatic rings. The highest BCUT2D eigenvalue weighted by Gasteiger charge is 2.33. The SMILES string of the molecule is O=C(c1cccnc1SC(F)(F)F)N1CCN(CCc2cccs2)CC1. The molecular formula is C17H18F3N3OS2. The van der Waals surface area contributed by atoms with Crippen molar-refractivity contribution in [3.8, 4) is 0 Å². The fourth-order valence-corrected chi connectivity index (χ4v) is 4.11. The van der Waals surface area contributed by atoms with Crippen LogP contribution in [0.1, 0.15) is 15.2 Å². The Labute approximate surface area is 158 Å². The van der Waals surface area contributed by atoms with Crippen molar-refractivity contribution in [1.82, 2.24) is 14.8 Å². The molecule has 3 rings (SSSR count). The van der Waals surface area contributed by atoms with Crippen molar-refractivity contribution in [3.63, 3.8) is 0 Å². The normalized spacial score (nSPS) is 16.0. The molecule has 0 radical (unpaired) electrons. The minimum absolute atomic E-state index is 0.0156. The predicted molar refractivity (Wildman–Crippen MR) is 96.5 cm³/mol. The zero-order chi connectivity index (χ0) is 18.6. The average Bonchev–Trinajstić information content (AvgIpc) is 3.12. The third kappa shape index (κ3) is 5.21. The molecule has 0 saturated carbocycles. The van der Waals surface area contributed by atoms with E-state index in [-0.39, 0.29) is 28.3 Å². The first-order chi connectivity index (χ1) is 12.4. The number of carbonyl (C=O) groups is 1. The fourth-order valence-electron chi connectivity index (χ4n) is 2.81. The van der Waals surface area contributed by atoms with Gasteiger partial charge in [-0.2, -0.15) is 13.2 Å². The number of thiophene rings is 1. The van der Waals surface area contributed by atoms with Gasteiger partial charge in [0.25, 0.3) is 5.91 Å². The number of alkyl halides is 3. The summed E-state index contributed by atoms with van der Waals surface area (Å²) >= 11 is 1.39. The van der Waals surface area contributed by atoms with E-state index in [9.17, 15) is 18.0 Å². The number of amides is 1. The van der Waals surface area contributed by atoms with Gasteiger partial charge in [-0.1, -0.05) is 6.07 Å². The summed E-state index contributed by atoms with van der Waals surface area (Å²) in [4.78, 5) is 21.6. The second kappa shape index (κ2) is 8.41. The van der Waals surface area contributed by atoms with Crippen molar-refractivity contribution in [3.05, 3.63) is 46.3 Å². The molecule has 1 fully saturated rings. The molecule has 2 aromatic heterocycles. The van der Waals surface area contributed by atoms with Gasteiger partial charge < -0.3 is 4.90 Å². The van der Waals surface area contributed by atoms with E-state index in [0.717, 1.165) is 26.1 Å². The van der Waals surface area contributed by atoms with Gasteiger partial charge in [-0.25, -0.2) is 4.98 Å². The Bertz CT molecular complexity index is 729. The molecule has 4 nitrogen and oxygen atoms in total. The summed E-state index contributed by atoms with van der Waals surface area (Å²) < 4.78 is 38.0. The number of carbonyl (C=O) groups excluding carboxylic acids is 1. The molecular weight excluding hydrogens is 383 g/mol. The van der Waals surface area contributed by atoms with Crippen LogP contribution in [0.5, 0.6) is 0 Å². The Morgan fingerprint density at radius 3 is 2.62 bits per heavy atom. The lowest BCUT2D eigenvalue weighted by molar-refractivity contribution is -0.0329. The molecule has 140 valence electrons. The van der Waals surface area contributed by atoms with Crippen LogP contribution in [0, 0.1) is 0 Å². The Kier molecular flexibility index (Phi) is 6.20. The lowest BCUT2D eigenvalue weighted by Gasteiger charge is -2.34. The first-order valence-electron chi connectivity index (χ1n) is 8.17. The van der Waals surface area contributed by atoms with Crippen LogP contribution in [0.25, 0.3) is 0 Å². The molecule has 26 heavy (non-hydrogen) atoms. The number of halogens is 3. The van der Waals surface area contributed by atoms with Crippen molar-refractivity contribution in [2.75, 3.05) is 32.7 Å². The van der Waals surface area contributed by atoms with Crippen LogP contribution in [0.2, 0.25) is 0 Å². The molecule has 1 saturated heterocycles. The molecule has 9 heteroatoms.